The van der Waals surface area contributed by atoms with Crippen molar-refractivity contribution >= 4 is 16.8 Å². The summed E-state index contributed by atoms with van der Waals surface area (Å²) in [6.07, 6.45) is 4.64. The first-order chi connectivity index (χ1) is 16.7. The number of aromatic amines is 1. The van der Waals surface area contributed by atoms with Gasteiger partial charge in [-0.2, -0.15) is 0 Å². The van der Waals surface area contributed by atoms with E-state index in [0.29, 0.717) is 32.3 Å². The molecule has 2 fully saturated rings. The lowest BCUT2D eigenvalue weighted by molar-refractivity contribution is -0.139. The number of rotatable bonds is 3. The van der Waals surface area contributed by atoms with Gasteiger partial charge in [-0.3, -0.25) is 4.79 Å². The van der Waals surface area contributed by atoms with Crippen molar-refractivity contribution in [1.82, 2.24) is 15.2 Å². The van der Waals surface area contributed by atoms with E-state index in [1.807, 2.05) is 0 Å². The number of aryl methyl sites for hydroxylation is 1. The summed E-state index contributed by atoms with van der Waals surface area (Å²) < 4.78 is 11.3. The van der Waals surface area contributed by atoms with Gasteiger partial charge in [0.2, 0.25) is 5.91 Å². The van der Waals surface area contributed by atoms with Gasteiger partial charge in [-0.25, -0.2) is 0 Å². The third-order valence-corrected chi connectivity index (χ3v) is 7.78. The average molecular weight is 460 g/mol. The minimum atomic E-state index is 0.102. The van der Waals surface area contributed by atoms with Crippen LogP contribution in [-0.2, 0) is 27.2 Å². The molecule has 4 heterocycles. The molecule has 0 bridgehead atoms. The summed E-state index contributed by atoms with van der Waals surface area (Å²) in [4.78, 5) is 18.7. The first kappa shape index (κ1) is 21.8. The summed E-state index contributed by atoms with van der Waals surface area (Å²) >= 11 is 0. The average Bonchev–Trinajstić information content (AvgIpc) is 3.28. The lowest BCUT2D eigenvalue weighted by atomic mass is 9.86. The first-order valence-electron chi connectivity index (χ1n) is 12.6. The molecule has 1 amide bonds. The Labute approximate surface area is 200 Å². The molecular formula is C28H33N3O3. The molecule has 178 valence electrons. The van der Waals surface area contributed by atoms with Gasteiger partial charge < -0.3 is 24.7 Å². The highest BCUT2D eigenvalue weighted by atomic mass is 16.5. The Hall–Kier alpha value is -2.67. The maximum Gasteiger partial charge on any atom is 0.226 e. The van der Waals surface area contributed by atoms with Gasteiger partial charge in [0.1, 0.15) is 0 Å². The van der Waals surface area contributed by atoms with E-state index in [1.54, 1.807) is 0 Å². The smallest absolute Gasteiger partial charge is 0.226 e. The van der Waals surface area contributed by atoms with E-state index in [-0.39, 0.29) is 12.0 Å². The van der Waals surface area contributed by atoms with Crippen LogP contribution in [0.5, 0.6) is 0 Å². The van der Waals surface area contributed by atoms with Crippen molar-refractivity contribution in [3.8, 4) is 11.1 Å². The van der Waals surface area contributed by atoms with Crippen LogP contribution in [0.25, 0.3) is 22.0 Å². The number of ether oxygens (including phenoxy) is 2. The number of carbonyl (C=O) groups excluding carboxylic acids is 1. The molecular weight excluding hydrogens is 426 g/mol. The Morgan fingerprint density at radius 2 is 1.94 bits per heavy atom. The van der Waals surface area contributed by atoms with Crippen molar-refractivity contribution in [2.45, 2.75) is 38.8 Å². The molecule has 0 aliphatic carbocycles. The van der Waals surface area contributed by atoms with Crippen molar-refractivity contribution in [1.29, 1.82) is 0 Å². The van der Waals surface area contributed by atoms with Gasteiger partial charge in [-0.15, -0.1) is 0 Å². The summed E-state index contributed by atoms with van der Waals surface area (Å²) in [7, 11) is 0. The molecule has 34 heavy (non-hydrogen) atoms. The summed E-state index contributed by atoms with van der Waals surface area (Å²) in [5, 5.41) is 4.92. The summed E-state index contributed by atoms with van der Waals surface area (Å²) in [5.74, 6) is 0.399. The van der Waals surface area contributed by atoms with E-state index in [1.165, 1.54) is 44.3 Å². The number of aromatic nitrogens is 1. The van der Waals surface area contributed by atoms with E-state index in [0.717, 1.165) is 39.0 Å². The van der Waals surface area contributed by atoms with E-state index in [9.17, 15) is 4.79 Å². The van der Waals surface area contributed by atoms with E-state index < -0.39 is 0 Å². The fourth-order valence-corrected chi connectivity index (χ4v) is 5.77. The molecule has 2 saturated heterocycles. The first-order valence-corrected chi connectivity index (χ1v) is 12.6. The molecule has 2 N–H and O–H groups in total. The quantitative estimate of drug-likeness (QED) is 0.619. The van der Waals surface area contributed by atoms with Crippen LogP contribution in [0.2, 0.25) is 0 Å². The highest BCUT2D eigenvalue weighted by Gasteiger charge is 2.31. The summed E-state index contributed by atoms with van der Waals surface area (Å²) in [5.41, 5.74) is 8.86. The van der Waals surface area contributed by atoms with Gasteiger partial charge in [0.05, 0.1) is 19.3 Å². The maximum absolute atomic E-state index is 13.3. The number of morpholine rings is 1. The Morgan fingerprint density at radius 3 is 2.76 bits per heavy atom. The van der Waals surface area contributed by atoms with Crippen LogP contribution >= 0.6 is 0 Å². The molecule has 3 aliphatic rings. The Morgan fingerprint density at radius 1 is 1.06 bits per heavy atom. The molecule has 2 aromatic carbocycles. The number of H-pyrrole nitrogens is 1. The zero-order chi connectivity index (χ0) is 23.1. The molecule has 6 heteroatoms. The van der Waals surface area contributed by atoms with Gasteiger partial charge in [-0.1, -0.05) is 12.1 Å². The lowest BCUT2D eigenvalue weighted by Gasteiger charge is -2.36. The summed E-state index contributed by atoms with van der Waals surface area (Å²) in [6.45, 7) is 7.28. The third-order valence-electron chi connectivity index (χ3n) is 7.78. The largest absolute Gasteiger partial charge is 0.381 e. The third kappa shape index (κ3) is 4.04. The van der Waals surface area contributed by atoms with Crippen molar-refractivity contribution in [2.75, 3.05) is 39.5 Å². The van der Waals surface area contributed by atoms with Gasteiger partial charge in [0, 0.05) is 55.9 Å². The number of hydrogen-bond donors (Lipinski definition) is 2. The van der Waals surface area contributed by atoms with E-state index in [4.69, 9.17) is 9.47 Å². The monoisotopic (exact) mass is 459 g/mol. The van der Waals surface area contributed by atoms with Crippen LogP contribution < -0.4 is 5.32 Å². The molecule has 1 atom stereocenters. The fourth-order valence-electron chi connectivity index (χ4n) is 5.77. The zero-order valence-corrected chi connectivity index (χ0v) is 19.9. The van der Waals surface area contributed by atoms with Gasteiger partial charge in [0.15, 0.2) is 0 Å². The number of hydrogen-bond acceptors (Lipinski definition) is 4. The second-order valence-corrected chi connectivity index (χ2v) is 9.91. The Kier molecular flexibility index (Phi) is 5.89. The molecule has 1 aromatic heterocycles. The van der Waals surface area contributed by atoms with Crippen LogP contribution in [0.4, 0.5) is 0 Å². The van der Waals surface area contributed by atoms with Gasteiger partial charge in [0.25, 0.3) is 0 Å². The molecule has 3 aromatic rings. The fraction of sp³-hybridized carbons (Fsp3) is 0.464. The molecule has 0 saturated carbocycles. The second kappa shape index (κ2) is 9.17. The summed E-state index contributed by atoms with van der Waals surface area (Å²) in [6, 6.07) is 11.5. The van der Waals surface area contributed by atoms with Crippen LogP contribution in [-0.4, -0.2) is 55.3 Å². The minimum Gasteiger partial charge on any atom is -0.381 e. The van der Waals surface area contributed by atoms with Crippen LogP contribution in [0.3, 0.4) is 0 Å². The molecule has 0 radical (unpaired) electrons. The SMILES string of the molecule is Cc1c[nH]c2ccc(-c3cc4c(c([C@@H]5COCCN5)c3)CN(C(=O)C3CCOCC3)CC4)cc12. The maximum atomic E-state index is 13.3. The normalized spacial score (nSPS) is 21.6. The topological polar surface area (TPSA) is 66.6 Å². The molecule has 6 nitrogen and oxygen atoms in total. The predicted octanol–water partition coefficient (Wildman–Crippen LogP) is 4.12. The van der Waals surface area contributed by atoms with Crippen LogP contribution in [0.1, 0.15) is 41.1 Å². The van der Waals surface area contributed by atoms with Crippen molar-refractivity contribution in [3.05, 3.63) is 58.8 Å². The van der Waals surface area contributed by atoms with E-state index >= 15 is 0 Å². The number of amides is 1. The number of carbonyl (C=O) groups is 1. The number of nitrogens with one attached hydrogen (secondary N) is 2. The number of fused-ring (bicyclic) bond motifs is 2. The number of nitrogens with zero attached hydrogens (tertiary/aromatic N) is 1. The second-order valence-electron chi connectivity index (χ2n) is 9.91. The highest BCUT2D eigenvalue weighted by Crippen LogP contribution is 2.35. The predicted molar refractivity (Wildman–Crippen MR) is 133 cm³/mol. The lowest BCUT2D eigenvalue weighted by Crippen LogP contribution is -2.42. The van der Waals surface area contributed by atoms with Crippen molar-refractivity contribution < 1.29 is 14.3 Å². The Balaban J connectivity index is 1.37. The van der Waals surface area contributed by atoms with Crippen molar-refractivity contribution in [2.24, 2.45) is 5.92 Å². The van der Waals surface area contributed by atoms with Gasteiger partial charge in [-0.05, 0) is 77.8 Å². The molecule has 3 aliphatic heterocycles. The standard InChI is InChI=1S/C28H33N3O3/c1-18-15-30-26-3-2-20(13-23(18)26)22-12-21-4-8-31(28(32)19-5-9-33-10-6-19)16-25(21)24(14-22)27-17-34-11-7-29-27/h2-3,12-15,19,27,29-30H,4-11,16-17H2,1H3/t27-/m0/s1. The highest BCUT2D eigenvalue weighted by molar-refractivity contribution is 5.88. The minimum absolute atomic E-state index is 0.102. The molecule has 6 rings (SSSR count). The van der Waals surface area contributed by atoms with Crippen LogP contribution in [0, 0.1) is 12.8 Å². The van der Waals surface area contributed by atoms with E-state index in [2.05, 4.69) is 58.7 Å². The zero-order valence-electron chi connectivity index (χ0n) is 19.9. The molecule has 0 unspecified atom stereocenters. The Bertz CT molecular complexity index is 1210. The van der Waals surface area contributed by atoms with Gasteiger partial charge >= 0.3 is 0 Å². The van der Waals surface area contributed by atoms with Crippen molar-refractivity contribution in [3.63, 3.8) is 0 Å². The van der Waals surface area contributed by atoms with Crippen LogP contribution in [0.15, 0.2) is 36.5 Å². The molecule has 0 spiro atoms. The number of benzene rings is 2.